The molecule has 1 fully saturated rings. The Labute approximate surface area is 105 Å². The number of H-pyrrole nitrogens is 1. The third kappa shape index (κ3) is 2.28. The molecule has 96 valence electrons. The van der Waals surface area contributed by atoms with Crippen LogP contribution < -0.4 is 0 Å². The van der Waals surface area contributed by atoms with Crippen molar-refractivity contribution in [1.82, 2.24) is 25.4 Å². The minimum absolute atomic E-state index is 0.543. The fourth-order valence-corrected chi connectivity index (χ4v) is 2.55. The Bertz CT molecular complexity index is 492. The van der Waals surface area contributed by atoms with Gasteiger partial charge in [0.25, 0.3) is 0 Å². The smallest absolute Gasteiger partial charge is 0.122 e. The van der Waals surface area contributed by atoms with Crippen LogP contribution in [0.15, 0.2) is 16.9 Å². The Morgan fingerprint density at radius 3 is 3.17 bits per heavy atom. The van der Waals surface area contributed by atoms with E-state index in [9.17, 15) is 0 Å². The molecule has 18 heavy (non-hydrogen) atoms. The molecule has 6 heteroatoms. The predicted molar refractivity (Wildman–Crippen MR) is 64.9 cm³/mol. The molecule has 3 heterocycles. The zero-order valence-corrected chi connectivity index (χ0v) is 10.5. The van der Waals surface area contributed by atoms with Crippen LogP contribution in [-0.4, -0.2) is 38.5 Å². The Balaban J connectivity index is 1.66. The third-order valence-electron chi connectivity index (χ3n) is 3.59. The highest BCUT2D eigenvalue weighted by Crippen LogP contribution is 2.26. The number of rotatable bonds is 3. The molecule has 0 aromatic carbocycles. The van der Waals surface area contributed by atoms with Crippen LogP contribution in [0.25, 0.3) is 0 Å². The molecule has 2 aromatic heterocycles. The molecule has 0 unspecified atom stereocenters. The highest BCUT2D eigenvalue weighted by molar-refractivity contribution is 5.09. The van der Waals surface area contributed by atoms with Crippen LogP contribution in [0.5, 0.6) is 0 Å². The van der Waals surface area contributed by atoms with Gasteiger partial charge in [-0.05, 0) is 32.4 Å². The Hall–Kier alpha value is -1.69. The Morgan fingerprint density at radius 2 is 2.44 bits per heavy atom. The first kappa shape index (κ1) is 11.4. The second-order valence-electron chi connectivity index (χ2n) is 4.88. The van der Waals surface area contributed by atoms with Gasteiger partial charge in [0.05, 0.1) is 0 Å². The van der Waals surface area contributed by atoms with Gasteiger partial charge in [-0.15, -0.1) is 0 Å². The molecule has 1 aliphatic rings. The van der Waals surface area contributed by atoms with Crippen LogP contribution >= 0.6 is 0 Å². The largest absolute Gasteiger partial charge is 0.297 e. The van der Waals surface area contributed by atoms with E-state index in [0.29, 0.717) is 5.92 Å². The van der Waals surface area contributed by atoms with Gasteiger partial charge >= 0.3 is 0 Å². The van der Waals surface area contributed by atoms with Gasteiger partial charge < -0.3 is 0 Å². The number of hydrogen-bond acceptors (Lipinski definition) is 5. The van der Waals surface area contributed by atoms with Gasteiger partial charge in [-0.1, -0.05) is 10.3 Å². The molecule has 2 aromatic rings. The maximum atomic E-state index is 4.74. The van der Waals surface area contributed by atoms with Crippen molar-refractivity contribution in [3.8, 4) is 0 Å². The summed E-state index contributed by atoms with van der Waals surface area (Å²) < 4.78 is 4.74. The summed E-state index contributed by atoms with van der Waals surface area (Å²) in [4.78, 5) is 2.40. The molecule has 1 N–H and O–H groups in total. The molecule has 0 saturated carbocycles. The van der Waals surface area contributed by atoms with E-state index in [4.69, 9.17) is 4.63 Å². The summed E-state index contributed by atoms with van der Waals surface area (Å²) >= 11 is 0. The second-order valence-corrected chi connectivity index (χ2v) is 4.88. The fourth-order valence-electron chi connectivity index (χ4n) is 2.55. The molecule has 3 rings (SSSR count). The third-order valence-corrected chi connectivity index (χ3v) is 3.59. The van der Waals surface area contributed by atoms with Gasteiger partial charge in [-0.25, -0.2) is 4.63 Å². The molecule has 0 aliphatic carbocycles. The zero-order chi connectivity index (χ0) is 12.4. The fraction of sp³-hybridized carbons (Fsp3) is 0.583. The molecule has 0 spiro atoms. The van der Waals surface area contributed by atoms with Crippen molar-refractivity contribution in [3.63, 3.8) is 0 Å². The van der Waals surface area contributed by atoms with E-state index in [0.717, 1.165) is 31.0 Å². The normalized spacial score (nSPS) is 21.3. The maximum absolute atomic E-state index is 4.74. The number of likely N-dealkylation sites (tertiary alicyclic amines) is 1. The summed E-state index contributed by atoms with van der Waals surface area (Å²) in [6, 6.07) is 2.07. The van der Waals surface area contributed by atoms with Gasteiger partial charge in [0.1, 0.15) is 11.4 Å². The van der Waals surface area contributed by atoms with Crippen LogP contribution in [0.1, 0.15) is 35.8 Å². The van der Waals surface area contributed by atoms with E-state index >= 15 is 0 Å². The van der Waals surface area contributed by atoms with Crippen LogP contribution in [-0.2, 0) is 6.54 Å². The minimum Gasteiger partial charge on any atom is -0.297 e. The van der Waals surface area contributed by atoms with Crippen LogP contribution in [0.3, 0.4) is 0 Å². The lowest BCUT2D eigenvalue weighted by molar-refractivity contribution is 0.192. The molecule has 1 atom stereocenters. The summed E-state index contributed by atoms with van der Waals surface area (Å²) in [6.07, 6.45) is 4.24. The maximum Gasteiger partial charge on any atom is 0.122 e. The van der Waals surface area contributed by atoms with Crippen molar-refractivity contribution in [2.45, 2.75) is 32.2 Å². The van der Waals surface area contributed by atoms with E-state index in [1.807, 2.05) is 13.1 Å². The number of nitrogens with one attached hydrogen (secondary N) is 1. The van der Waals surface area contributed by atoms with Crippen LogP contribution in [0.2, 0.25) is 0 Å². The lowest BCUT2D eigenvalue weighted by atomic mass is 9.95. The van der Waals surface area contributed by atoms with E-state index < -0.39 is 0 Å². The Morgan fingerprint density at radius 1 is 1.50 bits per heavy atom. The number of piperidine rings is 1. The molecule has 0 amide bonds. The highest BCUT2D eigenvalue weighted by atomic mass is 16.6. The average molecular weight is 247 g/mol. The second kappa shape index (κ2) is 4.89. The number of hydrogen-bond donors (Lipinski definition) is 1. The summed E-state index contributed by atoms with van der Waals surface area (Å²) in [5.41, 5.74) is 3.06. The number of aromatic nitrogens is 4. The van der Waals surface area contributed by atoms with E-state index in [1.165, 1.54) is 18.5 Å². The molecular formula is C12H17N5O. The van der Waals surface area contributed by atoms with Crippen molar-refractivity contribution in [2.24, 2.45) is 0 Å². The minimum atomic E-state index is 0.543. The average Bonchev–Trinajstić information content (AvgIpc) is 3.02. The number of aryl methyl sites for hydroxylation is 1. The van der Waals surface area contributed by atoms with Gasteiger partial charge in [-0.3, -0.25) is 10.00 Å². The lowest BCUT2D eigenvalue weighted by Crippen LogP contribution is -2.34. The molecule has 1 aliphatic heterocycles. The summed E-state index contributed by atoms with van der Waals surface area (Å²) in [6.45, 7) is 4.90. The number of nitrogens with zero attached hydrogens (tertiary/aromatic N) is 4. The molecular weight excluding hydrogens is 230 g/mol. The molecule has 6 nitrogen and oxygen atoms in total. The zero-order valence-electron chi connectivity index (χ0n) is 10.5. The molecule has 0 bridgehead atoms. The van der Waals surface area contributed by atoms with E-state index in [1.54, 1.807) is 0 Å². The van der Waals surface area contributed by atoms with Crippen LogP contribution in [0.4, 0.5) is 0 Å². The van der Waals surface area contributed by atoms with Crippen molar-refractivity contribution in [1.29, 1.82) is 0 Å². The van der Waals surface area contributed by atoms with E-state index in [-0.39, 0.29) is 0 Å². The summed E-state index contributed by atoms with van der Waals surface area (Å²) in [5.74, 6) is 0.543. The molecule has 0 radical (unpaired) electrons. The highest BCUT2D eigenvalue weighted by Gasteiger charge is 2.23. The van der Waals surface area contributed by atoms with Crippen molar-refractivity contribution in [2.75, 3.05) is 13.1 Å². The lowest BCUT2D eigenvalue weighted by Gasteiger charge is -2.31. The summed E-state index contributed by atoms with van der Waals surface area (Å²) in [7, 11) is 0. The van der Waals surface area contributed by atoms with Gasteiger partial charge in [0.2, 0.25) is 0 Å². The SMILES string of the molecule is Cc1nonc1CN1CCC[C@H](c2ccn[nH]2)C1. The van der Waals surface area contributed by atoms with Crippen molar-refractivity contribution >= 4 is 0 Å². The van der Waals surface area contributed by atoms with Gasteiger partial charge in [-0.2, -0.15) is 5.10 Å². The first-order valence-electron chi connectivity index (χ1n) is 6.32. The predicted octanol–water partition coefficient (Wildman–Crippen LogP) is 1.48. The number of aromatic amines is 1. The van der Waals surface area contributed by atoms with Crippen molar-refractivity contribution < 1.29 is 4.63 Å². The Kier molecular flexibility index (Phi) is 3.10. The van der Waals surface area contributed by atoms with Crippen LogP contribution in [0, 0.1) is 6.92 Å². The van der Waals surface area contributed by atoms with Gasteiger partial charge in [0, 0.05) is 30.9 Å². The van der Waals surface area contributed by atoms with E-state index in [2.05, 4.69) is 31.5 Å². The summed E-state index contributed by atoms with van der Waals surface area (Å²) in [5, 5.41) is 14.9. The quantitative estimate of drug-likeness (QED) is 0.889. The standard InChI is InChI=1S/C12H17N5O/c1-9-12(16-18-15-9)8-17-6-2-3-10(7-17)11-4-5-13-14-11/h4-5,10H,2-3,6-8H2,1H3,(H,13,14)/t10-/m0/s1. The van der Waals surface area contributed by atoms with Gasteiger partial charge in [0.15, 0.2) is 0 Å². The molecule has 1 saturated heterocycles. The first-order chi connectivity index (χ1) is 8.83. The topological polar surface area (TPSA) is 70.8 Å². The monoisotopic (exact) mass is 247 g/mol. The first-order valence-corrected chi connectivity index (χ1v) is 6.32. The van der Waals surface area contributed by atoms with Crippen molar-refractivity contribution in [3.05, 3.63) is 29.3 Å².